The first-order valence-corrected chi connectivity index (χ1v) is 7.44. The van der Waals surface area contributed by atoms with Crippen molar-refractivity contribution in [1.29, 1.82) is 0 Å². The van der Waals surface area contributed by atoms with Gasteiger partial charge >= 0.3 is 5.97 Å². The Labute approximate surface area is 130 Å². The van der Waals surface area contributed by atoms with Crippen molar-refractivity contribution in [1.82, 2.24) is 14.7 Å². The number of imidazole rings is 1. The topological polar surface area (TPSA) is 72.7 Å². The van der Waals surface area contributed by atoms with Crippen LogP contribution in [0.4, 0.5) is 0 Å². The van der Waals surface area contributed by atoms with Gasteiger partial charge in [0, 0.05) is 17.1 Å². The molecule has 1 aromatic carbocycles. The Morgan fingerprint density at radius 2 is 2.09 bits per heavy atom. The molecule has 22 heavy (non-hydrogen) atoms. The number of fused-ring (bicyclic) bond motifs is 1. The average Bonchev–Trinajstić information content (AvgIpc) is 3.13. The Bertz CT molecular complexity index is 823. The van der Waals surface area contributed by atoms with Crippen LogP contribution in [0.3, 0.4) is 0 Å². The maximum atomic E-state index is 12.1. The minimum absolute atomic E-state index is 0.160. The molecule has 0 bridgehead atoms. The fraction of sp³-hybridized carbons (Fsp3) is 0.133. The van der Waals surface area contributed by atoms with E-state index in [-0.39, 0.29) is 12.5 Å². The smallest absolute Gasteiger partial charge is 0.325 e. The average molecular weight is 315 g/mol. The van der Waals surface area contributed by atoms with Crippen LogP contribution in [-0.4, -0.2) is 34.9 Å². The van der Waals surface area contributed by atoms with E-state index in [2.05, 4.69) is 15.0 Å². The molecular weight excluding hydrogens is 302 g/mol. The molecule has 1 amide bonds. The van der Waals surface area contributed by atoms with Gasteiger partial charge in [-0.3, -0.25) is 14.0 Å². The maximum absolute atomic E-state index is 12.1. The number of hydrogen-bond donors (Lipinski definition) is 1. The summed E-state index contributed by atoms with van der Waals surface area (Å²) in [5.41, 5.74) is 2.23. The molecule has 0 saturated carbocycles. The number of aromatic nitrogens is 2. The lowest BCUT2D eigenvalue weighted by Crippen LogP contribution is -2.30. The number of nitrogens with one attached hydrogen (secondary N) is 1. The van der Waals surface area contributed by atoms with Gasteiger partial charge in [0.1, 0.15) is 12.2 Å². The summed E-state index contributed by atoms with van der Waals surface area (Å²) in [6.07, 6.45) is 1.81. The quantitative estimate of drug-likeness (QED) is 0.747. The summed E-state index contributed by atoms with van der Waals surface area (Å²) < 4.78 is 6.22. The van der Waals surface area contributed by atoms with E-state index < -0.39 is 5.97 Å². The third-order valence-corrected chi connectivity index (χ3v) is 3.97. The van der Waals surface area contributed by atoms with E-state index in [4.69, 9.17) is 0 Å². The molecule has 0 radical (unpaired) electrons. The predicted octanol–water partition coefficient (Wildman–Crippen LogP) is 1.97. The lowest BCUT2D eigenvalue weighted by molar-refractivity contribution is -0.139. The SMILES string of the molecule is COC(=O)CNC(=O)c1csc2nc(-c3ccccc3)cn12. The van der Waals surface area contributed by atoms with Crippen molar-refractivity contribution in [2.24, 2.45) is 0 Å². The predicted molar refractivity (Wildman–Crippen MR) is 82.9 cm³/mol. The van der Waals surface area contributed by atoms with Crippen molar-refractivity contribution < 1.29 is 14.3 Å². The summed E-state index contributed by atoms with van der Waals surface area (Å²) >= 11 is 1.37. The Hall–Kier alpha value is -2.67. The maximum Gasteiger partial charge on any atom is 0.325 e. The first kappa shape index (κ1) is 14.3. The molecule has 0 saturated heterocycles. The minimum atomic E-state index is -0.490. The molecule has 0 unspecified atom stereocenters. The molecule has 1 N–H and O–H groups in total. The Kier molecular flexibility index (Phi) is 3.88. The molecule has 6 nitrogen and oxygen atoms in total. The number of hydrogen-bond acceptors (Lipinski definition) is 5. The molecular formula is C15H13N3O3S. The van der Waals surface area contributed by atoms with Crippen molar-refractivity contribution in [3.8, 4) is 11.3 Å². The second-order valence-corrected chi connectivity index (χ2v) is 5.36. The van der Waals surface area contributed by atoms with Gasteiger partial charge in [0.2, 0.25) is 0 Å². The largest absolute Gasteiger partial charge is 0.468 e. The normalized spacial score (nSPS) is 10.6. The second-order valence-electron chi connectivity index (χ2n) is 4.52. The highest BCUT2D eigenvalue weighted by Gasteiger charge is 2.15. The van der Waals surface area contributed by atoms with Crippen LogP contribution in [0.25, 0.3) is 16.2 Å². The third kappa shape index (κ3) is 2.71. The van der Waals surface area contributed by atoms with E-state index in [1.165, 1.54) is 18.4 Å². The van der Waals surface area contributed by atoms with Crippen LogP contribution >= 0.6 is 11.3 Å². The highest BCUT2D eigenvalue weighted by Crippen LogP contribution is 2.23. The summed E-state index contributed by atoms with van der Waals surface area (Å²) in [5, 5.41) is 4.23. The van der Waals surface area contributed by atoms with E-state index in [1.54, 1.807) is 9.78 Å². The van der Waals surface area contributed by atoms with Crippen LogP contribution in [0.1, 0.15) is 10.5 Å². The van der Waals surface area contributed by atoms with E-state index >= 15 is 0 Å². The summed E-state index contributed by atoms with van der Waals surface area (Å²) in [6.45, 7) is -0.160. The molecule has 0 fully saturated rings. The molecule has 0 spiro atoms. The zero-order valence-electron chi connectivity index (χ0n) is 11.8. The second kappa shape index (κ2) is 5.98. The summed E-state index contributed by atoms with van der Waals surface area (Å²) in [7, 11) is 1.28. The van der Waals surface area contributed by atoms with Crippen LogP contribution in [-0.2, 0) is 9.53 Å². The number of ether oxygens (including phenoxy) is 1. The van der Waals surface area contributed by atoms with E-state index in [0.29, 0.717) is 5.69 Å². The number of thiazole rings is 1. The lowest BCUT2D eigenvalue weighted by Gasteiger charge is -2.02. The lowest BCUT2D eigenvalue weighted by atomic mass is 10.2. The number of nitrogens with zero attached hydrogens (tertiary/aromatic N) is 2. The Morgan fingerprint density at radius 3 is 2.82 bits per heavy atom. The molecule has 0 aliphatic carbocycles. The zero-order valence-corrected chi connectivity index (χ0v) is 12.6. The van der Waals surface area contributed by atoms with Crippen LogP contribution in [0, 0.1) is 0 Å². The number of esters is 1. The van der Waals surface area contributed by atoms with Gasteiger partial charge in [0.15, 0.2) is 4.96 Å². The van der Waals surface area contributed by atoms with Crippen LogP contribution in [0.2, 0.25) is 0 Å². The molecule has 3 rings (SSSR count). The van der Waals surface area contributed by atoms with Crippen molar-refractivity contribution >= 4 is 28.2 Å². The first-order valence-electron chi connectivity index (χ1n) is 6.56. The molecule has 7 heteroatoms. The van der Waals surface area contributed by atoms with Crippen molar-refractivity contribution in [2.45, 2.75) is 0 Å². The number of rotatable bonds is 4. The number of carbonyl (C=O) groups is 2. The molecule has 2 heterocycles. The third-order valence-electron chi connectivity index (χ3n) is 3.13. The number of carbonyl (C=O) groups excluding carboxylic acids is 2. The molecule has 112 valence electrons. The Balaban J connectivity index is 1.87. The minimum Gasteiger partial charge on any atom is -0.468 e. The highest BCUT2D eigenvalue weighted by molar-refractivity contribution is 7.15. The van der Waals surface area contributed by atoms with Gasteiger partial charge in [0.25, 0.3) is 5.91 Å². The van der Waals surface area contributed by atoms with E-state index in [9.17, 15) is 9.59 Å². The van der Waals surface area contributed by atoms with Crippen LogP contribution < -0.4 is 5.32 Å². The number of amides is 1. The van der Waals surface area contributed by atoms with Gasteiger partial charge < -0.3 is 10.1 Å². The van der Waals surface area contributed by atoms with Gasteiger partial charge in [-0.1, -0.05) is 30.3 Å². The van der Waals surface area contributed by atoms with E-state index in [1.807, 2.05) is 36.5 Å². The number of methoxy groups -OCH3 is 1. The standard InChI is InChI=1S/C15H13N3O3S/c1-21-13(19)7-16-14(20)12-9-22-15-17-11(8-18(12)15)10-5-3-2-4-6-10/h2-6,8-9H,7H2,1H3,(H,16,20). The van der Waals surface area contributed by atoms with Crippen molar-refractivity contribution in [3.63, 3.8) is 0 Å². The summed E-state index contributed by atoms with van der Waals surface area (Å²) in [6, 6.07) is 9.74. The molecule has 0 atom stereocenters. The zero-order chi connectivity index (χ0) is 15.5. The van der Waals surface area contributed by atoms with Crippen molar-refractivity contribution in [3.05, 3.63) is 47.6 Å². The van der Waals surface area contributed by atoms with Gasteiger partial charge in [0.05, 0.1) is 12.8 Å². The van der Waals surface area contributed by atoms with Crippen molar-refractivity contribution in [2.75, 3.05) is 13.7 Å². The van der Waals surface area contributed by atoms with E-state index in [0.717, 1.165) is 16.2 Å². The Morgan fingerprint density at radius 1 is 1.32 bits per heavy atom. The van der Waals surface area contributed by atoms with Gasteiger partial charge in [-0.25, -0.2) is 4.98 Å². The van der Waals surface area contributed by atoms with Crippen LogP contribution in [0.5, 0.6) is 0 Å². The van der Waals surface area contributed by atoms with Gasteiger partial charge in [-0.15, -0.1) is 11.3 Å². The highest BCUT2D eigenvalue weighted by atomic mass is 32.1. The van der Waals surface area contributed by atoms with Gasteiger partial charge in [-0.05, 0) is 0 Å². The molecule has 0 aliphatic rings. The molecule has 0 aliphatic heterocycles. The number of benzene rings is 1. The summed E-state index contributed by atoms with van der Waals surface area (Å²) in [5.74, 6) is -0.830. The monoisotopic (exact) mass is 315 g/mol. The molecule has 3 aromatic rings. The summed E-state index contributed by atoms with van der Waals surface area (Å²) in [4.78, 5) is 28.4. The van der Waals surface area contributed by atoms with Gasteiger partial charge in [-0.2, -0.15) is 0 Å². The first-order chi connectivity index (χ1) is 10.7. The van der Waals surface area contributed by atoms with Crippen LogP contribution in [0.15, 0.2) is 41.9 Å². The molecule has 2 aromatic heterocycles. The fourth-order valence-corrected chi connectivity index (χ4v) is 2.86. The fourth-order valence-electron chi connectivity index (χ4n) is 2.01.